The maximum absolute atomic E-state index is 11.2. The molecule has 100 valence electrons. The Morgan fingerprint density at radius 3 is 2.61 bits per heavy atom. The van der Waals surface area contributed by atoms with Gasteiger partial charge in [0.25, 0.3) is 0 Å². The highest BCUT2D eigenvalue weighted by atomic mass is 16.5. The molecule has 0 aliphatic heterocycles. The molecule has 4 heteroatoms. The average molecular weight is 251 g/mol. The van der Waals surface area contributed by atoms with Crippen molar-refractivity contribution < 1.29 is 14.3 Å². The monoisotopic (exact) mass is 251 g/mol. The lowest BCUT2D eigenvalue weighted by Gasteiger charge is -2.24. The van der Waals surface area contributed by atoms with Gasteiger partial charge < -0.3 is 14.4 Å². The molecule has 0 fully saturated rings. The summed E-state index contributed by atoms with van der Waals surface area (Å²) < 4.78 is 9.90. The molecule has 0 saturated heterocycles. The third-order valence-electron chi connectivity index (χ3n) is 2.95. The summed E-state index contributed by atoms with van der Waals surface area (Å²) in [5.74, 6) is 0.655. The van der Waals surface area contributed by atoms with Crippen LogP contribution in [0.2, 0.25) is 0 Å². The van der Waals surface area contributed by atoms with Crippen molar-refractivity contribution in [2.75, 3.05) is 28.3 Å². The summed E-state index contributed by atoms with van der Waals surface area (Å²) in [5, 5.41) is 0. The van der Waals surface area contributed by atoms with Crippen LogP contribution in [0.3, 0.4) is 0 Å². The number of methoxy groups -OCH3 is 2. The van der Waals surface area contributed by atoms with E-state index in [1.54, 1.807) is 7.11 Å². The van der Waals surface area contributed by atoms with Gasteiger partial charge in [-0.1, -0.05) is 12.1 Å². The summed E-state index contributed by atoms with van der Waals surface area (Å²) in [7, 11) is 7.07. The van der Waals surface area contributed by atoms with E-state index in [1.165, 1.54) is 7.11 Å². The van der Waals surface area contributed by atoms with E-state index in [9.17, 15) is 4.79 Å². The summed E-state index contributed by atoms with van der Waals surface area (Å²) >= 11 is 0. The number of carbonyl (C=O) groups excluding carboxylic acids is 1. The Hall–Kier alpha value is -1.55. The number of rotatable bonds is 6. The van der Waals surface area contributed by atoms with Crippen LogP contribution < -0.4 is 4.74 Å². The molecule has 1 aromatic rings. The second kappa shape index (κ2) is 7.01. The van der Waals surface area contributed by atoms with Gasteiger partial charge in [-0.25, -0.2) is 0 Å². The van der Waals surface area contributed by atoms with Gasteiger partial charge in [-0.3, -0.25) is 4.79 Å². The first-order valence-corrected chi connectivity index (χ1v) is 5.95. The number of ether oxygens (including phenoxy) is 2. The molecule has 0 N–H and O–H groups in total. The largest absolute Gasteiger partial charge is 0.497 e. The van der Waals surface area contributed by atoms with Crippen molar-refractivity contribution >= 4 is 5.97 Å². The van der Waals surface area contributed by atoms with Crippen molar-refractivity contribution in [3.8, 4) is 5.75 Å². The van der Waals surface area contributed by atoms with Gasteiger partial charge in [0.2, 0.25) is 0 Å². The Bertz CT molecular complexity index is 390. The van der Waals surface area contributed by atoms with Crippen molar-refractivity contribution in [2.45, 2.75) is 18.9 Å². The van der Waals surface area contributed by atoms with Crippen LogP contribution in [0.1, 0.15) is 24.4 Å². The molecule has 0 heterocycles. The molecule has 1 atom stereocenters. The predicted octanol–water partition coefficient (Wildman–Crippen LogP) is 2.25. The van der Waals surface area contributed by atoms with Crippen LogP contribution in [0.4, 0.5) is 0 Å². The Balaban J connectivity index is 2.80. The lowest BCUT2D eigenvalue weighted by molar-refractivity contribution is -0.141. The zero-order valence-corrected chi connectivity index (χ0v) is 11.5. The maximum atomic E-state index is 11.2. The smallest absolute Gasteiger partial charge is 0.305 e. The molecule has 1 rings (SSSR count). The van der Waals surface area contributed by atoms with E-state index in [4.69, 9.17) is 4.74 Å². The molecule has 0 saturated carbocycles. The van der Waals surface area contributed by atoms with E-state index < -0.39 is 0 Å². The van der Waals surface area contributed by atoms with Crippen LogP contribution >= 0.6 is 0 Å². The minimum atomic E-state index is -0.176. The van der Waals surface area contributed by atoms with Crippen molar-refractivity contribution in [3.05, 3.63) is 29.8 Å². The van der Waals surface area contributed by atoms with Crippen molar-refractivity contribution in [3.63, 3.8) is 0 Å². The van der Waals surface area contributed by atoms with Gasteiger partial charge in [-0.05, 0) is 38.2 Å². The summed E-state index contributed by atoms with van der Waals surface area (Å²) in [5.41, 5.74) is 1.14. The van der Waals surface area contributed by atoms with Crippen LogP contribution in [-0.4, -0.2) is 39.2 Å². The standard InChI is InChI=1S/C14H21NO3/c1-15(2)13(8-9-14(16)18-4)11-6-5-7-12(10-11)17-3/h5-7,10,13H,8-9H2,1-4H3. The molecule has 1 unspecified atom stereocenters. The van der Waals surface area contributed by atoms with Gasteiger partial charge in [0.1, 0.15) is 5.75 Å². The van der Waals surface area contributed by atoms with Gasteiger partial charge in [-0.2, -0.15) is 0 Å². The first-order chi connectivity index (χ1) is 8.58. The second-order valence-corrected chi connectivity index (χ2v) is 4.37. The molecule has 18 heavy (non-hydrogen) atoms. The normalized spacial score (nSPS) is 12.3. The molecule has 0 amide bonds. The second-order valence-electron chi connectivity index (χ2n) is 4.37. The lowest BCUT2D eigenvalue weighted by Crippen LogP contribution is -2.21. The van der Waals surface area contributed by atoms with Gasteiger partial charge >= 0.3 is 5.97 Å². The van der Waals surface area contributed by atoms with Gasteiger partial charge in [0.05, 0.1) is 14.2 Å². The summed E-state index contributed by atoms with van der Waals surface area (Å²) in [6, 6.07) is 8.10. The van der Waals surface area contributed by atoms with Crippen LogP contribution in [-0.2, 0) is 9.53 Å². The molecular formula is C14H21NO3. The number of carbonyl (C=O) groups is 1. The van der Waals surface area contributed by atoms with Gasteiger partial charge in [0, 0.05) is 12.5 Å². The molecule has 4 nitrogen and oxygen atoms in total. The topological polar surface area (TPSA) is 38.8 Å². The molecule has 0 radical (unpaired) electrons. The fourth-order valence-electron chi connectivity index (χ4n) is 1.93. The number of esters is 1. The Kier molecular flexibility index (Phi) is 5.65. The van der Waals surface area contributed by atoms with E-state index >= 15 is 0 Å². The SMILES string of the molecule is COC(=O)CCC(c1cccc(OC)c1)N(C)C. The number of nitrogens with zero attached hydrogens (tertiary/aromatic N) is 1. The van der Waals surface area contributed by atoms with Crippen LogP contribution in [0.5, 0.6) is 5.75 Å². The quantitative estimate of drug-likeness (QED) is 0.727. The molecule has 0 aromatic heterocycles. The Morgan fingerprint density at radius 2 is 2.06 bits per heavy atom. The van der Waals surface area contributed by atoms with Crippen molar-refractivity contribution in [2.24, 2.45) is 0 Å². The molecule has 0 spiro atoms. The molecule has 1 aromatic carbocycles. The third kappa shape index (κ3) is 4.04. The van der Waals surface area contributed by atoms with E-state index in [2.05, 4.69) is 9.64 Å². The van der Waals surface area contributed by atoms with E-state index in [-0.39, 0.29) is 12.0 Å². The van der Waals surface area contributed by atoms with E-state index in [0.29, 0.717) is 6.42 Å². The average Bonchev–Trinajstić information content (AvgIpc) is 2.38. The summed E-state index contributed by atoms with van der Waals surface area (Å²) in [6.07, 6.45) is 1.14. The van der Waals surface area contributed by atoms with Gasteiger partial charge in [-0.15, -0.1) is 0 Å². The van der Waals surface area contributed by atoms with Crippen LogP contribution in [0.15, 0.2) is 24.3 Å². The van der Waals surface area contributed by atoms with Crippen molar-refractivity contribution in [1.82, 2.24) is 4.90 Å². The zero-order chi connectivity index (χ0) is 13.5. The zero-order valence-electron chi connectivity index (χ0n) is 11.5. The minimum Gasteiger partial charge on any atom is -0.497 e. The third-order valence-corrected chi connectivity index (χ3v) is 2.95. The predicted molar refractivity (Wildman–Crippen MR) is 70.7 cm³/mol. The Morgan fingerprint density at radius 1 is 1.33 bits per heavy atom. The minimum absolute atomic E-state index is 0.176. The molecule has 0 aliphatic carbocycles. The summed E-state index contributed by atoms with van der Waals surface area (Å²) in [4.78, 5) is 13.3. The number of hydrogen-bond donors (Lipinski definition) is 0. The number of benzene rings is 1. The lowest BCUT2D eigenvalue weighted by atomic mass is 10.0. The maximum Gasteiger partial charge on any atom is 0.305 e. The summed E-state index contributed by atoms with van der Waals surface area (Å²) in [6.45, 7) is 0. The van der Waals surface area contributed by atoms with Gasteiger partial charge in [0.15, 0.2) is 0 Å². The van der Waals surface area contributed by atoms with Crippen LogP contribution in [0, 0.1) is 0 Å². The van der Waals surface area contributed by atoms with Crippen LogP contribution in [0.25, 0.3) is 0 Å². The first-order valence-electron chi connectivity index (χ1n) is 5.95. The highest BCUT2D eigenvalue weighted by Crippen LogP contribution is 2.26. The molecular weight excluding hydrogens is 230 g/mol. The fraction of sp³-hybridized carbons (Fsp3) is 0.500. The van der Waals surface area contributed by atoms with Crippen molar-refractivity contribution in [1.29, 1.82) is 0 Å². The molecule has 0 bridgehead atoms. The molecule has 0 aliphatic rings. The highest BCUT2D eigenvalue weighted by molar-refractivity contribution is 5.69. The number of hydrogen-bond acceptors (Lipinski definition) is 4. The fourth-order valence-corrected chi connectivity index (χ4v) is 1.93. The van der Waals surface area contributed by atoms with E-state index in [1.807, 2.05) is 38.4 Å². The highest BCUT2D eigenvalue weighted by Gasteiger charge is 2.16. The Labute approximate surface area is 108 Å². The first kappa shape index (κ1) is 14.5. The van der Waals surface area contributed by atoms with E-state index in [0.717, 1.165) is 17.7 Å².